The molecule has 0 saturated heterocycles. The molecule has 0 aliphatic rings. The molecule has 0 unspecified atom stereocenters. The molecule has 0 fully saturated rings. The second kappa shape index (κ2) is 6.63. The molecule has 0 radical (unpaired) electrons. The van der Waals surface area contributed by atoms with Gasteiger partial charge in [-0.1, -0.05) is 13.3 Å². The first kappa shape index (κ1) is 12.1. The first-order valence-corrected chi connectivity index (χ1v) is 4.08. The third-order valence-electron chi connectivity index (χ3n) is 1.35. The lowest BCUT2D eigenvalue weighted by Crippen LogP contribution is -2.37. The van der Waals surface area contributed by atoms with Crippen LogP contribution in [0.2, 0.25) is 0 Å². The van der Waals surface area contributed by atoms with Crippen molar-refractivity contribution < 1.29 is 9.77 Å². The summed E-state index contributed by atoms with van der Waals surface area (Å²) in [4.78, 5) is 9.57. The summed E-state index contributed by atoms with van der Waals surface area (Å²) in [7, 11) is 0. The molecule has 0 atom stereocenters. The predicted molar refractivity (Wildman–Crippen MR) is 47.8 cm³/mol. The molecule has 8 nitrogen and oxygen atoms in total. The molecule has 80 valence electrons. The number of nitrogens with two attached hydrogens (primary N) is 1. The Morgan fingerprint density at radius 1 is 1.64 bits per heavy atom. The van der Waals surface area contributed by atoms with E-state index in [2.05, 4.69) is 12.1 Å². The van der Waals surface area contributed by atoms with Crippen LogP contribution in [0, 0.1) is 15.3 Å². The largest absolute Gasteiger partial charge is 0.356 e. The van der Waals surface area contributed by atoms with E-state index in [1.165, 1.54) is 11.2 Å². The van der Waals surface area contributed by atoms with E-state index in [0.717, 1.165) is 13.0 Å². The lowest BCUT2D eigenvalue weighted by atomic mass is 10.3. The summed E-state index contributed by atoms with van der Waals surface area (Å²) in [5.74, 6) is 5.34. The molecule has 0 saturated carbocycles. The number of unbranched alkanes of at least 4 members (excludes halogenated alkanes) is 1. The maximum atomic E-state index is 8.25. The predicted octanol–water partition coefficient (Wildman–Crippen LogP) is -0.555. The van der Waals surface area contributed by atoms with E-state index < -0.39 is 5.09 Å². The van der Waals surface area contributed by atoms with Crippen LogP contribution in [-0.4, -0.2) is 15.1 Å². The van der Waals surface area contributed by atoms with Crippen LogP contribution in [0.25, 0.3) is 0 Å². The van der Waals surface area contributed by atoms with Crippen LogP contribution < -0.4 is 10.5 Å². The van der Waals surface area contributed by atoms with Crippen molar-refractivity contribution in [1.82, 2.24) is 10.0 Å². The second-order valence-corrected chi connectivity index (χ2v) is 2.51. The van der Waals surface area contributed by atoms with Crippen LogP contribution in [0.5, 0.6) is 0 Å². The van der Waals surface area contributed by atoms with E-state index in [0.29, 0.717) is 0 Å². The molecule has 1 aromatic heterocycles. The Bertz CT molecular complexity index is 270. The van der Waals surface area contributed by atoms with Gasteiger partial charge in [0.25, 0.3) is 0 Å². The van der Waals surface area contributed by atoms with Crippen molar-refractivity contribution in [3.05, 3.63) is 27.7 Å². The summed E-state index contributed by atoms with van der Waals surface area (Å²) in [5.41, 5.74) is 0. The van der Waals surface area contributed by atoms with Crippen molar-refractivity contribution in [2.45, 2.75) is 26.3 Å². The maximum Gasteiger partial charge on any atom is 0.184 e. The van der Waals surface area contributed by atoms with Crippen LogP contribution in [0.3, 0.4) is 0 Å². The fourth-order valence-corrected chi connectivity index (χ4v) is 0.777. The molecule has 0 bridgehead atoms. The molecule has 0 aliphatic heterocycles. The number of hydrogen-bond acceptors (Lipinski definition) is 5. The van der Waals surface area contributed by atoms with Crippen molar-refractivity contribution in [2.24, 2.45) is 0 Å². The zero-order valence-electron chi connectivity index (χ0n) is 7.87. The Labute approximate surface area is 80.6 Å². The minimum absolute atomic E-state index is 0.959. The van der Waals surface area contributed by atoms with Crippen LogP contribution in [0.1, 0.15) is 19.8 Å². The SMILES string of the molecule is CCCC[n+]1ccn(N)n1.O=[N+]([O-])[O-]. The van der Waals surface area contributed by atoms with E-state index in [4.69, 9.17) is 21.2 Å². The van der Waals surface area contributed by atoms with Gasteiger partial charge >= 0.3 is 0 Å². The van der Waals surface area contributed by atoms with Crippen molar-refractivity contribution >= 4 is 0 Å². The second-order valence-electron chi connectivity index (χ2n) is 2.51. The van der Waals surface area contributed by atoms with Crippen molar-refractivity contribution in [2.75, 3.05) is 5.84 Å². The minimum atomic E-state index is -1.75. The quantitative estimate of drug-likeness (QED) is 0.306. The Kier molecular flexibility index (Phi) is 5.75. The molecule has 2 N–H and O–H groups in total. The fourth-order valence-electron chi connectivity index (χ4n) is 0.777. The van der Waals surface area contributed by atoms with E-state index in [-0.39, 0.29) is 0 Å². The first-order chi connectivity index (χ1) is 6.56. The molecule has 0 spiro atoms. The number of hydrogen-bond donors (Lipinski definition) is 1. The van der Waals surface area contributed by atoms with E-state index in [1.807, 2.05) is 10.9 Å². The Hall–Kier alpha value is -1.86. The normalized spacial score (nSPS) is 8.93. The summed E-state index contributed by atoms with van der Waals surface area (Å²) in [6.07, 6.45) is 5.94. The van der Waals surface area contributed by atoms with Gasteiger partial charge in [0.2, 0.25) is 0 Å². The van der Waals surface area contributed by atoms with Crippen molar-refractivity contribution in [3.8, 4) is 0 Å². The average molecular weight is 203 g/mol. The summed E-state index contributed by atoms with van der Waals surface area (Å²) < 4.78 is 1.84. The van der Waals surface area contributed by atoms with Gasteiger partial charge in [0.05, 0.1) is 5.09 Å². The van der Waals surface area contributed by atoms with Crippen LogP contribution in [-0.2, 0) is 6.54 Å². The zero-order valence-corrected chi connectivity index (χ0v) is 7.87. The van der Waals surface area contributed by atoms with Crippen LogP contribution in [0.4, 0.5) is 0 Å². The maximum absolute atomic E-state index is 8.25. The molecule has 0 aliphatic carbocycles. The van der Waals surface area contributed by atoms with Crippen LogP contribution >= 0.6 is 0 Å². The van der Waals surface area contributed by atoms with E-state index in [9.17, 15) is 0 Å². The van der Waals surface area contributed by atoms with Gasteiger partial charge in [-0.05, 0) is 11.2 Å². The standard InChI is InChI=1S/C6H13N4.NO3/c1-2-3-4-9-5-6-10(7)8-9;2-1(3)4/h5-6H,2-4H2,1H3,(H2,7,8);/q+1;-1. The summed E-state index contributed by atoms with van der Waals surface area (Å²) >= 11 is 0. The number of nitrogens with zero attached hydrogens (tertiary/aromatic N) is 4. The Morgan fingerprint density at radius 2 is 2.21 bits per heavy atom. The fraction of sp³-hybridized carbons (Fsp3) is 0.667. The Balaban J connectivity index is 0.000000364. The van der Waals surface area contributed by atoms with Gasteiger partial charge in [0.1, 0.15) is 11.8 Å². The molecule has 0 amide bonds. The van der Waals surface area contributed by atoms with Gasteiger partial charge in [-0.3, -0.25) is 0 Å². The lowest BCUT2D eigenvalue weighted by molar-refractivity contribution is -0.755. The van der Waals surface area contributed by atoms with Crippen LogP contribution in [0.15, 0.2) is 12.4 Å². The van der Waals surface area contributed by atoms with E-state index in [1.54, 1.807) is 6.20 Å². The van der Waals surface area contributed by atoms with Gasteiger partial charge in [0.15, 0.2) is 12.4 Å². The van der Waals surface area contributed by atoms with Crippen molar-refractivity contribution in [3.63, 3.8) is 0 Å². The topological polar surface area (TPSA) is 114 Å². The highest BCUT2D eigenvalue weighted by Gasteiger charge is 1.99. The number of aryl methyl sites for hydroxylation is 1. The number of aromatic nitrogens is 3. The highest BCUT2D eigenvalue weighted by Crippen LogP contribution is 1.83. The van der Waals surface area contributed by atoms with Crippen molar-refractivity contribution in [1.29, 1.82) is 0 Å². The molecule has 0 aromatic carbocycles. The highest BCUT2D eigenvalue weighted by molar-refractivity contribution is 4.54. The zero-order chi connectivity index (χ0) is 11.0. The monoisotopic (exact) mass is 203 g/mol. The molecule has 14 heavy (non-hydrogen) atoms. The highest BCUT2D eigenvalue weighted by atomic mass is 16.9. The first-order valence-electron chi connectivity index (χ1n) is 4.08. The van der Waals surface area contributed by atoms with E-state index >= 15 is 0 Å². The van der Waals surface area contributed by atoms with Gasteiger partial charge < -0.3 is 15.3 Å². The summed E-state index contributed by atoms with van der Waals surface area (Å²) in [5, 5.41) is 18.7. The number of nitrogen functional groups attached to an aromatic ring is 1. The average Bonchev–Trinajstić information content (AvgIpc) is 2.47. The molecule has 8 heteroatoms. The molecule has 1 rings (SSSR count). The minimum Gasteiger partial charge on any atom is -0.356 e. The molecular weight excluding hydrogens is 190 g/mol. The molecule has 1 aromatic rings. The molecule has 1 heterocycles. The number of rotatable bonds is 3. The van der Waals surface area contributed by atoms with Gasteiger partial charge in [-0.25, -0.2) is 5.84 Å². The summed E-state index contributed by atoms with van der Waals surface area (Å²) in [6, 6.07) is 0. The van der Waals surface area contributed by atoms with Gasteiger partial charge in [0, 0.05) is 0 Å². The lowest BCUT2D eigenvalue weighted by Gasteiger charge is -1.87. The third-order valence-corrected chi connectivity index (χ3v) is 1.35. The summed E-state index contributed by atoms with van der Waals surface area (Å²) in [6.45, 7) is 3.11. The van der Waals surface area contributed by atoms with Gasteiger partial charge in [-0.15, -0.1) is 4.68 Å². The third kappa shape index (κ3) is 6.83. The molecular formula is C6H13N5O3. The van der Waals surface area contributed by atoms with Gasteiger partial charge in [-0.2, -0.15) is 0 Å². The smallest absolute Gasteiger partial charge is 0.184 e. The Morgan fingerprint density at radius 3 is 2.57 bits per heavy atom.